The summed E-state index contributed by atoms with van der Waals surface area (Å²) in [6, 6.07) is 11.5. The van der Waals surface area contributed by atoms with Gasteiger partial charge in [-0.2, -0.15) is 0 Å². The summed E-state index contributed by atoms with van der Waals surface area (Å²) in [5.41, 5.74) is -0.360. The molecule has 3 atom stereocenters. The van der Waals surface area contributed by atoms with Crippen LogP contribution >= 0.6 is 0 Å². The summed E-state index contributed by atoms with van der Waals surface area (Å²) in [6.07, 6.45) is 1.69. The molecule has 0 heterocycles. The SMILES string of the molecule is CC(=O)C1=C(C)C[C@@]2(C)C[C@@]3(C)Cc4c(-c5cccc(CC(C)C)c5)ccc(O)c4C(=O)C3=C(O)[C@@]2(O)C1=O. The van der Waals surface area contributed by atoms with Crippen molar-refractivity contribution in [2.24, 2.45) is 16.7 Å². The van der Waals surface area contributed by atoms with Gasteiger partial charge in [0.2, 0.25) is 5.78 Å². The van der Waals surface area contributed by atoms with E-state index in [1.807, 2.05) is 25.1 Å². The van der Waals surface area contributed by atoms with Crippen LogP contribution in [0.3, 0.4) is 0 Å². The Morgan fingerprint density at radius 1 is 1.05 bits per heavy atom. The van der Waals surface area contributed by atoms with Crippen molar-refractivity contribution in [1.82, 2.24) is 0 Å². The highest BCUT2D eigenvalue weighted by Gasteiger charge is 2.67. The first-order valence-electron chi connectivity index (χ1n) is 13.6. The standard InChI is InChI=1S/C33H36O6/c1-17(2)12-20-8-7-9-21(13-20)22-10-11-24(35)26-23(22)15-31(5)16-32(6)14-18(3)25(19(4)34)29(37)33(32,39)30(38)27(31)28(26)36/h7-11,13,17,35,38-39H,12,14-16H2,1-6H3/t31-,32+,33+/m1/s1. The van der Waals surface area contributed by atoms with Crippen molar-refractivity contribution in [3.63, 3.8) is 0 Å². The van der Waals surface area contributed by atoms with Gasteiger partial charge in [0.1, 0.15) is 11.5 Å². The molecule has 2 aromatic carbocycles. The third kappa shape index (κ3) is 3.75. The average Bonchev–Trinajstić information content (AvgIpc) is 2.80. The Bertz CT molecular complexity index is 1520. The number of aromatic hydroxyl groups is 1. The maximum absolute atomic E-state index is 14.1. The van der Waals surface area contributed by atoms with Gasteiger partial charge >= 0.3 is 0 Å². The topological polar surface area (TPSA) is 112 Å². The normalized spacial score (nSPS) is 28.4. The van der Waals surface area contributed by atoms with E-state index >= 15 is 0 Å². The average molecular weight is 529 g/mol. The van der Waals surface area contributed by atoms with Crippen molar-refractivity contribution in [2.45, 2.75) is 72.8 Å². The van der Waals surface area contributed by atoms with Crippen LogP contribution in [-0.4, -0.2) is 38.3 Å². The van der Waals surface area contributed by atoms with Crippen LogP contribution in [0.15, 0.2) is 58.9 Å². The molecule has 3 N–H and O–H groups in total. The molecule has 2 aromatic rings. The lowest BCUT2D eigenvalue weighted by molar-refractivity contribution is -0.157. The Morgan fingerprint density at radius 3 is 2.38 bits per heavy atom. The van der Waals surface area contributed by atoms with Crippen molar-refractivity contribution >= 4 is 17.3 Å². The van der Waals surface area contributed by atoms with Crippen LogP contribution in [0.4, 0.5) is 0 Å². The molecule has 0 spiro atoms. The zero-order chi connectivity index (χ0) is 28.7. The Morgan fingerprint density at radius 2 is 1.74 bits per heavy atom. The van der Waals surface area contributed by atoms with E-state index in [0.717, 1.165) is 17.5 Å². The number of hydrogen-bond acceptors (Lipinski definition) is 6. The molecule has 0 aliphatic heterocycles. The van der Waals surface area contributed by atoms with Gasteiger partial charge in [-0.3, -0.25) is 14.4 Å². The fraction of sp³-hybridized carbons (Fsp3) is 0.424. The number of ketones is 3. The maximum Gasteiger partial charge on any atom is 0.206 e. The molecule has 0 amide bonds. The number of phenols is 1. The number of Topliss-reactive ketones (excluding diaryl/α,β-unsaturated/α-hetero) is 3. The summed E-state index contributed by atoms with van der Waals surface area (Å²) in [5, 5.41) is 34.4. The van der Waals surface area contributed by atoms with Crippen molar-refractivity contribution in [2.75, 3.05) is 0 Å². The predicted octanol–water partition coefficient (Wildman–Crippen LogP) is 5.83. The van der Waals surface area contributed by atoms with Gasteiger partial charge in [-0.15, -0.1) is 0 Å². The first-order chi connectivity index (χ1) is 18.1. The molecule has 3 aliphatic carbocycles. The van der Waals surface area contributed by atoms with Gasteiger partial charge in [-0.05, 0) is 73.8 Å². The minimum Gasteiger partial charge on any atom is -0.508 e. The van der Waals surface area contributed by atoms with Gasteiger partial charge in [0.25, 0.3) is 0 Å². The fourth-order valence-electron chi connectivity index (χ4n) is 7.64. The molecule has 204 valence electrons. The fourth-order valence-corrected chi connectivity index (χ4v) is 7.64. The van der Waals surface area contributed by atoms with Crippen LogP contribution in [0.25, 0.3) is 11.1 Å². The van der Waals surface area contributed by atoms with Crippen LogP contribution in [0.1, 0.15) is 75.9 Å². The molecule has 0 radical (unpaired) electrons. The second-order valence-corrected chi connectivity index (χ2v) is 12.7. The summed E-state index contributed by atoms with van der Waals surface area (Å²) in [6.45, 7) is 10.9. The van der Waals surface area contributed by atoms with Crippen molar-refractivity contribution in [3.8, 4) is 16.9 Å². The predicted molar refractivity (Wildman–Crippen MR) is 149 cm³/mol. The highest BCUT2D eigenvalue weighted by molar-refractivity contribution is 6.25. The summed E-state index contributed by atoms with van der Waals surface area (Å²) < 4.78 is 0. The number of phenolic OH excluding ortho intramolecular Hbond substituents is 1. The number of benzene rings is 2. The van der Waals surface area contributed by atoms with Crippen LogP contribution < -0.4 is 0 Å². The van der Waals surface area contributed by atoms with E-state index < -0.39 is 39.5 Å². The zero-order valence-electron chi connectivity index (χ0n) is 23.4. The first kappa shape index (κ1) is 27.1. The van der Waals surface area contributed by atoms with E-state index in [-0.39, 0.29) is 35.3 Å². The van der Waals surface area contributed by atoms with E-state index in [1.165, 1.54) is 18.6 Å². The molecule has 0 bridgehead atoms. The van der Waals surface area contributed by atoms with E-state index in [9.17, 15) is 29.7 Å². The number of carbonyl (C=O) groups excluding carboxylic acids is 3. The van der Waals surface area contributed by atoms with E-state index in [2.05, 4.69) is 26.0 Å². The molecule has 3 aliphatic rings. The maximum atomic E-state index is 14.1. The highest BCUT2D eigenvalue weighted by atomic mass is 16.3. The lowest BCUT2D eigenvalue weighted by atomic mass is 9.48. The monoisotopic (exact) mass is 528 g/mol. The molecule has 6 nitrogen and oxygen atoms in total. The van der Waals surface area contributed by atoms with Gasteiger partial charge < -0.3 is 15.3 Å². The number of hydrogen-bond donors (Lipinski definition) is 3. The molecule has 0 saturated carbocycles. The lowest BCUT2D eigenvalue weighted by Gasteiger charge is -2.56. The third-order valence-electron chi connectivity index (χ3n) is 9.02. The van der Waals surface area contributed by atoms with Gasteiger partial charge in [-0.25, -0.2) is 0 Å². The van der Waals surface area contributed by atoms with Crippen molar-refractivity contribution < 1.29 is 29.7 Å². The molecular formula is C33H36O6. The Balaban J connectivity index is 1.72. The number of fused-ring (bicyclic) bond motifs is 3. The largest absolute Gasteiger partial charge is 0.508 e. The Labute approximate surface area is 229 Å². The summed E-state index contributed by atoms with van der Waals surface area (Å²) in [4.78, 5) is 40.1. The number of allylic oxidation sites excluding steroid dienone is 2. The number of aliphatic hydroxyl groups excluding tert-OH is 1. The van der Waals surface area contributed by atoms with Gasteiger partial charge in [0, 0.05) is 16.4 Å². The van der Waals surface area contributed by atoms with Crippen LogP contribution in [0, 0.1) is 16.7 Å². The van der Waals surface area contributed by atoms with E-state index in [0.29, 0.717) is 23.5 Å². The third-order valence-corrected chi connectivity index (χ3v) is 9.02. The number of rotatable bonds is 4. The lowest BCUT2D eigenvalue weighted by Crippen LogP contribution is -2.63. The Hall–Kier alpha value is -3.51. The first-order valence-corrected chi connectivity index (χ1v) is 13.6. The molecule has 0 saturated heterocycles. The highest BCUT2D eigenvalue weighted by Crippen LogP contribution is 2.62. The molecule has 0 unspecified atom stereocenters. The van der Waals surface area contributed by atoms with Crippen LogP contribution in [0.2, 0.25) is 0 Å². The summed E-state index contributed by atoms with van der Waals surface area (Å²) in [5.74, 6) is -2.39. The zero-order valence-corrected chi connectivity index (χ0v) is 23.4. The minimum atomic E-state index is -2.41. The molecule has 39 heavy (non-hydrogen) atoms. The van der Waals surface area contributed by atoms with Gasteiger partial charge in [0.05, 0.1) is 11.1 Å². The van der Waals surface area contributed by atoms with E-state index in [1.54, 1.807) is 13.8 Å². The Kier molecular flexibility index (Phi) is 6.07. The van der Waals surface area contributed by atoms with Crippen molar-refractivity contribution in [1.29, 1.82) is 0 Å². The number of aliphatic hydroxyl groups is 2. The molecule has 0 aromatic heterocycles. The molecule has 5 rings (SSSR count). The minimum absolute atomic E-state index is 0.0632. The second-order valence-electron chi connectivity index (χ2n) is 12.7. The number of carbonyl (C=O) groups is 3. The summed E-state index contributed by atoms with van der Waals surface area (Å²) >= 11 is 0. The van der Waals surface area contributed by atoms with E-state index in [4.69, 9.17) is 0 Å². The molecular weight excluding hydrogens is 492 g/mol. The summed E-state index contributed by atoms with van der Waals surface area (Å²) in [7, 11) is 0. The second kappa shape index (κ2) is 8.75. The van der Waals surface area contributed by atoms with Gasteiger partial charge in [-0.1, -0.05) is 63.6 Å². The molecule has 6 heteroatoms. The van der Waals surface area contributed by atoms with Crippen molar-refractivity contribution in [3.05, 3.63) is 75.6 Å². The van der Waals surface area contributed by atoms with Crippen LogP contribution in [0.5, 0.6) is 5.75 Å². The quantitative estimate of drug-likeness (QED) is 0.430. The molecule has 0 fully saturated rings. The van der Waals surface area contributed by atoms with Crippen LogP contribution in [-0.2, 0) is 22.4 Å². The smallest absolute Gasteiger partial charge is 0.206 e. The van der Waals surface area contributed by atoms with Gasteiger partial charge in [0.15, 0.2) is 17.2 Å².